The Morgan fingerprint density at radius 1 is 0.963 bits per heavy atom. The minimum Gasteiger partial charge on any atom is -0.326 e. The van der Waals surface area contributed by atoms with Gasteiger partial charge in [-0.15, -0.1) is 11.3 Å². The van der Waals surface area contributed by atoms with Crippen LogP contribution in [-0.2, 0) is 28.9 Å². The van der Waals surface area contributed by atoms with E-state index in [0.29, 0.717) is 11.4 Å². The maximum Gasteiger partial charge on any atom is 0.230 e. The molecule has 0 unspecified atom stereocenters. The number of aryl methyl sites for hydroxylation is 2. The Hall–Kier alpha value is -2.99. The van der Waals surface area contributed by atoms with E-state index in [4.69, 9.17) is 0 Å². The number of nitrogens with zero attached hydrogens (tertiary/aromatic N) is 1. The highest BCUT2D eigenvalue weighted by Crippen LogP contribution is 2.17. The molecule has 2 amide bonds. The molecular weight excluding hydrogens is 358 g/mol. The Morgan fingerprint density at radius 2 is 1.70 bits per heavy atom. The molecule has 2 aromatic carbocycles. The van der Waals surface area contributed by atoms with Crippen LogP contribution >= 0.6 is 11.3 Å². The number of carbonyl (C=O) groups is 2. The number of benzene rings is 2. The van der Waals surface area contributed by atoms with Gasteiger partial charge in [-0.25, -0.2) is 4.98 Å². The van der Waals surface area contributed by atoms with Crippen molar-refractivity contribution in [3.05, 3.63) is 76.2 Å². The summed E-state index contributed by atoms with van der Waals surface area (Å²) in [5.74, 6) is -0.279. The van der Waals surface area contributed by atoms with Crippen molar-refractivity contribution in [3.63, 3.8) is 0 Å². The second kappa shape index (κ2) is 9.09. The molecule has 3 rings (SSSR count). The zero-order chi connectivity index (χ0) is 19.1. The molecule has 0 saturated carbocycles. The molecule has 138 valence electrons. The van der Waals surface area contributed by atoms with Crippen LogP contribution in [0, 0.1) is 0 Å². The summed E-state index contributed by atoms with van der Waals surface area (Å²) in [7, 11) is 0. The first-order valence-corrected chi connectivity index (χ1v) is 9.61. The Kier molecular flexibility index (Phi) is 6.33. The van der Waals surface area contributed by atoms with Crippen molar-refractivity contribution >= 4 is 34.5 Å². The summed E-state index contributed by atoms with van der Waals surface area (Å²) in [5, 5.41) is 8.52. The number of rotatable bonds is 7. The van der Waals surface area contributed by atoms with Gasteiger partial charge in [0.25, 0.3) is 0 Å². The standard InChI is InChI=1S/C21H21N3O2S/c1-15(25)22-17-8-5-9-18(12-17)23-20(26)13-19-14-27-21(24-19)11-10-16-6-3-2-4-7-16/h2-9,12,14H,10-11,13H2,1H3,(H,22,25)(H,23,26). The van der Waals surface area contributed by atoms with Crippen molar-refractivity contribution in [2.24, 2.45) is 0 Å². The molecule has 0 aliphatic heterocycles. The number of thiazole rings is 1. The first-order valence-electron chi connectivity index (χ1n) is 8.73. The lowest BCUT2D eigenvalue weighted by atomic mass is 10.1. The van der Waals surface area contributed by atoms with E-state index >= 15 is 0 Å². The van der Waals surface area contributed by atoms with E-state index in [1.165, 1.54) is 12.5 Å². The lowest BCUT2D eigenvalue weighted by Crippen LogP contribution is -2.15. The Labute approximate surface area is 162 Å². The Bertz CT molecular complexity index is 922. The van der Waals surface area contributed by atoms with Crippen molar-refractivity contribution in [2.75, 3.05) is 10.6 Å². The van der Waals surface area contributed by atoms with Crippen molar-refractivity contribution in [2.45, 2.75) is 26.2 Å². The van der Waals surface area contributed by atoms with Gasteiger partial charge in [0.1, 0.15) is 0 Å². The van der Waals surface area contributed by atoms with Gasteiger partial charge in [-0.05, 0) is 30.2 Å². The van der Waals surface area contributed by atoms with Gasteiger partial charge in [0.05, 0.1) is 17.1 Å². The third-order valence-corrected chi connectivity index (χ3v) is 4.84. The van der Waals surface area contributed by atoms with Gasteiger partial charge in [-0.1, -0.05) is 36.4 Å². The molecule has 1 aromatic heterocycles. The molecule has 0 radical (unpaired) electrons. The van der Waals surface area contributed by atoms with Gasteiger partial charge in [0.15, 0.2) is 0 Å². The zero-order valence-corrected chi connectivity index (χ0v) is 15.9. The van der Waals surface area contributed by atoms with Crippen molar-refractivity contribution in [1.82, 2.24) is 4.98 Å². The van der Waals surface area contributed by atoms with Crippen LogP contribution in [0.15, 0.2) is 60.0 Å². The summed E-state index contributed by atoms with van der Waals surface area (Å²) in [6.07, 6.45) is 2.04. The molecule has 0 bridgehead atoms. The number of hydrogen-bond acceptors (Lipinski definition) is 4. The highest BCUT2D eigenvalue weighted by Gasteiger charge is 2.09. The molecule has 3 aromatic rings. The van der Waals surface area contributed by atoms with Crippen LogP contribution in [0.25, 0.3) is 0 Å². The Morgan fingerprint density at radius 3 is 2.44 bits per heavy atom. The van der Waals surface area contributed by atoms with Gasteiger partial charge >= 0.3 is 0 Å². The van der Waals surface area contributed by atoms with E-state index in [-0.39, 0.29) is 18.2 Å². The predicted octanol–water partition coefficient (Wildman–Crippen LogP) is 4.07. The quantitative estimate of drug-likeness (QED) is 0.650. The van der Waals surface area contributed by atoms with Crippen LogP contribution in [0.2, 0.25) is 0 Å². The fraction of sp³-hybridized carbons (Fsp3) is 0.190. The number of amides is 2. The van der Waals surface area contributed by atoms with E-state index in [9.17, 15) is 9.59 Å². The minimum atomic E-state index is -0.149. The van der Waals surface area contributed by atoms with Crippen molar-refractivity contribution in [3.8, 4) is 0 Å². The minimum absolute atomic E-state index is 0.130. The highest BCUT2D eigenvalue weighted by atomic mass is 32.1. The molecule has 27 heavy (non-hydrogen) atoms. The summed E-state index contributed by atoms with van der Waals surface area (Å²) in [5.41, 5.74) is 3.35. The lowest BCUT2D eigenvalue weighted by Gasteiger charge is -2.07. The molecule has 0 aliphatic carbocycles. The van der Waals surface area contributed by atoms with Crippen LogP contribution in [0.4, 0.5) is 11.4 Å². The van der Waals surface area contributed by atoms with Crippen molar-refractivity contribution in [1.29, 1.82) is 0 Å². The van der Waals surface area contributed by atoms with E-state index in [2.05, 4.69) is 27.8 Å². The summed E-state index contributed by atoms with van der Waals surface area (Å²) in [6, 6.07) is 17.4. The van der Waals surface area contributed by atoms with Gasteiger partial charge in [-0.3, -0.25) is 9.59 Å². The first kappa shape index (κ1) is 18.8. The third-order valence-electron chi connectivity index (χ3n) is 3.88. The number of nitrogens with one attached hydrogen (secondary N) is 2. The summed E-state index contributed by atoms with van der Waals surface area (Å²) in [4.78, 5) is 28.0. The predicted molar refractivity (Wildman–Crippen MR) is 109 cm³/mol. The molecule has 0 spiro atoms. The van der Waals surface area contributed by atoms with E-state index in [0.717, 1.165) is 23.5 Å². The highest BCUT2D eigenvalue weighted by molar-refractivity contribution is 7.09. The van der Waals surface area contributed by atoms with Crippen LogP contribution in [0.5, 0.6) is 0 Å². The van der Waals surface area contributed by atoms with Crippen LogP contribution in [0.1, 0.15) is 23.2 Å². The summed E-state index contributed by atoms with van der Waals surface area (Å²) >= 11 is 1.59. The van der Waals surface area contributed by atoms with E-state index < -0.39 is 0 Å². The second-order valence-electron chi connectivity index (χ2n) is 6.21. The number of carbonyl (C=O) groups excluding carboxylic acids is 2. The number of anilines is 2. The maximum atomic E-state index is 12.3. The molecule has 2 N–H and O–H groups in total. The molecular formula is C21H21N3O2S. The molecule has 1 heterocycles. The van der Waals surface area contributed by atoms with Gasteiger partial charge in [0.2, 0.25) is 11.8 Å². The van der Waals surface area contributed by atoms with Crippen molar-refractivity contribution < 1.29 is 9.59 Å². The average molecular weight is 379 g/mol. The average Bonchev–Trinajstić information content (AvgIpc) is 3.08. The Balaban J connectivity index is 1.52. The molecule has 6 heteroatoms. The van der Waals surface area contributed by atoms with Crippen LogP contribution in [-0.4, -0.2) is 16.8 Å². The molecule has 0 fully saturated rings. The largest absolute Gasteiger partial charge is 0.326 e. The molecule has 0 saturated heterocycles. The SMILES string of the molecule is CC(=O)Nc1cccc(NC(=O)Cc2csc(CCc3ccccc3)n2)c1. The molecule has 5 nitrogen and oxygen atoms in total. The topological polar surface area (TPSA) is 71.1 Å². The lowest BCUT2D eigenvalue weighted by molar-refractivity contribution is -0.116. The monoisotopic (exact) mass is 379 g/mol. The number of aromatic nitrogens is 1. The van der Waals surface area contributed by atoms with Gasteiger partial charge in [-0.2, -0.15) is 0 Å². The number of hydrogen-bond donors (Lipinski definition) is 2. The second-order valence-corrected chi connectivity index (χ2v) is 7.15. The molecule has 0 atom stereocenters. The van der Waals surface area contributed by atoms with Gasteiger partial charge < -0.3 is 10.6 Å². The maximum absolute atomic E-state index is 12.3. The smallest absolute Gasteiger partial charge is 0.230 e. The third kappa shape index (κ3) is 6.04. The van der Waals surface area contributed by atoms with E-state index in [1.807, 2.05) is 23.6 Å². The fourth-order valence-corrected chi connectivity index (χ4v) is 3.49. The van der Waals surface area contributed by atoms with E-state index in [1.54, 1.807) is 35.6 Å². The molecule has 0 aliphatic rings. The zero-order valence-electron chi connectivity index (χ0n) is 15.1. The van der Waals surface area contributed by atoms with Crippen LogP contribution in [0.3, 0.4) is 0 Å². The van der Waals surface area contributed by atoms with Crippen LogP contribution < -0.4 is 10.6 Å². The normalized spacial score (nSPS) is 10.4. The summed E-state index contributed by atoms with van der Waals surface area (Å²) < 4.78 is 0. The first-order chi connectivity index (χ1) is 13.1. The summed E-state index contributed by atoms with van der Waals surface area (Å²) in [6.45, 7) is 1.45. The fourth-order valence-electron chi connectivity index (χ4n) is 2.69. The van der Waals surface area contributed by atoms with Gasteiger partial charge in [0, 0.05) is 30.1 Å².